The highest BCUT2D eigenvalue weighted by atomic mass is 16.4. The molecule has 14 nitrogen and oxygen atoms in total. The summed E-state index contributed by atoms with van der Waals surface area (Å²) >= 11 is 0. The Morgan fingerprint density at radius 1 is 0.829 bits per heavy atom. The highest BCUT2D eigenvalue weighted by Crippen LogP contribution is 2.07. The van der Waals surface area contributed by atoms with E-state index in [-0.39, 0.29) is 6.42 Å². The van der Waals surface area contributed by atoms with Crippen LogP contribution in [0.2, 0.25) is 0 Å². The van der Waals surface area contributed by atoms with Gasteiger partial charge in [-0.1, -0.05) is 30.3 Å². The molecule has 35 heavy (non-hydrogen) atoms. The minimum atomic E-state index is -1.70. The predicted octanol–water partition coefficient (Wildman–Crippen LogP) is -3.17. The molecule has 0 saturated heterocycles. The lowest BCUT2D eigenvalue weighted by molar-refractivity contribution is -0.144. The van der Waals surface area contributed by atoms with E-state index in [9.17, 15) is 33.9 Å². The molecule has 0 saturated carbocycles. The highest BCUT2D eigenvalue weighted by molar-refractivity contribution is 5.95. The lowest BCUT2D eigenvalue weighted by Crippen LogP contribution is -2.58. The van der Waals surface area contributed by atoms with E-state index >= 15 is 0 Å². The third-order valence-electron chi connectivity index (χ3n) is 4.75. The number of rotatable bonds is 15. The van der Waals surface area contributed by atoms with Gasteiger partial charge in [-0.05, 0) is 12.0 Å². The third-order valence-corrected chi connectivity index (χ3v) is 4.75. The van der Waals surface area contributed by atoms with Gasteiger partial charge in [0.2, 0.25) is 23.6 Å². The Balaban J connectivity index is 3.11. The van der Waals surface area contributed by atoms with Crippen LogP contribution in [0.25, 0.3) is 0 Å². The molecule has 0 aliphatic rings. The van der Waals surface area contributed by atoms with Gasteiger partial charge in [0.15, 0.2) is 0 Å². The number of aliphatic hydroxyl groups is 1. The predicted molar refractivity (Wildman–Crippen MR) is 119 cm³/mol. The maximum Gasteiger partial charge on any atom is 0.326 e. The number of amides is 4. The summed E-state index contributed by atoms with van der Waals surface area (Å²) in [5.74, 6) is -6.65. The molecule has 192 valence electrons. The first kappa shape index (κ1) is 29.0. The zero-order valence-electron chi connectivity index (χ0n) is 18.7. The van der Waals surface area contributed by atoms with E-state index in [1.807, 2.05) is 5.32 Å². The summed E-state index contributed by atoms with van der Waals surface area (Å²) < 4.78 is 0. The number of hydrogen-bond acceptors (Lipinski definition) is 8. The van der Waals surface area contributed by atoms with Gasteiger partial charge in [0.25, 0.3) is 0 Å². The van der Waals surface area contributed by atoms with Gasteiger partial charge in [-0.3, -0.25) is 24.0 Å². The number of carbonyl (C=O) groups excluding carboxylic acids is 4. The van der Waals surface area contributed by atoms with Crippen molar-refractivity contribution < 1.29 is 44.1 Å². The van der Waals surface area contributed by atoms with Gasteiger partial charge >= 0.3 is 11.9 Å². The summed E-state index contributed by atoms with van der Waals surface area (Å²) in [4.78, 5) is 71.3. The molecule has 0 radical (unpaired) electrons. The smallest absolute Gasteiger partial charge is 0.326 e. The Bertz CT molecular complexity index is 925. The Morgan fingerprint density at radius 3 is 1.89 bits per heavy atom. The monoisotopic (exact) mass is 495 g/mol. The van der Waals surface area contributed by atoms with Gasteiger partial charge in [0.1, 0.15) is 24.2 Å². The molecule has 0 fully saturated rings. The molecule has 4 unspecified atom stereocenters. The fourth-order valence-electron chi connectivity index (χ4n) is 2.90. The largest absolute Gasteiger partial charge is 0.481 e. The van der Waals surface area contributed by atoms with Crippen LogP contribution in [-0.2, 0) is 35.2 Å². The number of hydrogen-bond donors (Lipinski definition) is 8. The van der Waals surface area contributed by atoms with Crippen LogP contribution in [-0.4, -0.2) is 81.7 Å². The van der Waals surface area contributed by atoms with Crippen molar-refractivity contribution in [2.45, 2.75) is 49.9 Å². The summed E-state index contributed by atoms with van der Waals surface area (Å²) in [5.41, 5.74) is 11.1. The van der Waals surface area contributed by atoms with Gasteiger partial charge in [-0.25, -0.2) is 4.79 Å². The maximum absolute atomic E-state index is 13.0. The summed E-state index contributed by atoms with van der Waals surface area (Å²) in [7, 11) is 0. The standard InChI is InChI=1S/C21H29N5O9/c22-12(10-27)18(31)25-14(8-11-4-2-1-3-5-11)20(33)24-13(6-7-17(29)30)19(32)26-15(21(34)35)9-16(23)28/h1-5,12-15,27H,6-10,22H2,(H2,23,28)(H,24,33)(H,25,31)(H,26,32)(H,29,30)(H,34,35). The summed E-state index contributed by atoms with van der Waals surface area (Å²) in [6.07, 6.45) is -1.75. The molecule has 10 N–H and O–H groups in total. The number of primary amides is 1. The number of nitrogens with two attached hydrogens (primary N) is 2. The van der Waals surface area contributed by atoms with Crippen LogP contribution in [0.3, 0.4) is 0 Å². The van der Waals surface area contributed by atoms with E-state index in [0.717, 1.165) is 0 Å². The maximum atomic E-state index is 13.0. The van der Waals surface area contributed by atoms with Crippen LogP contribution >= 0.6 is 0 Å². The van der Waals surface area contributed by atoms with Crippen LogP contribution in [0.1, 0.15) is 24.8 Å². The lowest BCUT2D eigenvalue weighted by Gasteiger charge is -2.25. The van der Waals surface area contributed by atoms with Crippen molar-refractivity contribution in [1.82, 2.24) is 16.0 Å². The van der Waals surface area contributed by atoms with Crippen molar-refractivity contribution >= 4 is 35.6 Å². The zero-order valence-corrected chi connectivity index (χ0v) is 18.7. The first-order valence-electron chi connectivity index (χ1n) is 10.5. The Kier molecular flexibility index (Phi) is 11.8. The summed E-state index contributed by atoms with van der Waals surface area (Å²) in [6.45, 7) is -0.689. The number of nitrogens with one attached hydrogen (secondary N) is 3. The number of carbonyl (C=O) groups is 6. The van der Waals surface area contributed by atoms with E-state index in [0.29, 0.717) is 5.56 Å². The SMILES string of the molecule is NC(=O)CC(NC(=O)C(CCC(=O)O)NC(=O)C(Cc1ccccc1)NC(=O)C(N)CO)C(=O)O. The average molecular weight is 495 g/mol. The second-order valence-electron chi connectivity index (χ2n) is 7.60. The topological polar surface area (TPSA) is 251 Å². The number of aliphatic hydroxyl groups excluding tert-OH is 1. The second-order valence-corrected chi connectivity index (χ2v) is 7.60. The highest BCUT2D eigenvalue weighted by Gasteiger charge is 2.31. The summed E-state index contributed by atoms with van der Waals surface area (Å²) in [6, 6.07) is 2.65. The van der Waals surface area contributed by atoms with Crippen molar-refractivity contribution in [3.63, 3.8) is 0 Å². The molecule has 0 aliphatic heterocycles. The Morgan fingerprint density at radius 2 is 1.37 bits per heavy atom. The number of aliphatic carboxylic acids is 2. The first-order valence-corrected chi connectivity index (χ1v) is 10.5. The summed E-state index contributed by atoms with van der Waals surface area (Å²) in [5, 5.41) is 34.0. The van der Waals surface area contributed by atoms with Gasteiger partial charge in [0.05, 0.1) is 13.0 Å². The van der Waals surface area contributed by atoms with Crippen LogP contribution in [0.15, 0.2) is 30.3 Å². The molecule has 1 aromatic rings. The Labute approximate surface area is 200 Å². The number of benzene rings is 1. The molecule has 0 aliphatic carbocycles. The molecule has 1 rings (SSSR count). The van der Waals surface area contributed by atoms with Crippen LogP contribution in [0, 0.1) is 0 Å². The average Bonchev–Trinajstić information content (AvgIpc) is 2.80. The van der Waals surface area contributed by atoms with Crippen LogP contribution < -0.4 is 27.4 Å². The molecule has 0 aromatic heterocycles. The minimum absolute atomic E-state index is 0.0384. The van der Waals surface area contributed by atoms with E-state index in [1.54, 1.807) is 30.3 Å². The van der Waals surface area contributed by atoms with Crippen molar-refractivity contribution in [2.75, 3.05) is 6.61 Å². The van der Waals surface area contributed by atoms with E-state index < -0.39 is 85.6 Å². The number of carboxylic acid groups (broad SMARTS) is 2. The first-order chi connectivity index (χ1) is 16.4. The molecule has 0 spiro atoms. The quantitative estimate of drug-likeness (QED) is 0.121. The molecule has 1 aromatic carbocycles. The van der Waals surface area contributed by atoms with Gasteiger partial charge in [-0.2, -0.15) is 0 Å². The van der Waals surface area contributed by atoms with E-state index in [4.69, 9.17) is 21.7 Å². The fraction of sp³-hybridized carbons (Fsp3) is 0.429. The molecule has 4 amide bonds. The minimum Gasteiger partial charge on any atom is -0.481 e. The van der Waals surface area contributed by atoms with Crippen molar-refractivity contribution in [2.24, 2.45) is 11.5 Å². The van der Waals surface area contributed by atoms with Crippen molar-refractivity contribution in [3.8, 4) is 0 Å². The molecule has 4 atom stereocenters. The fourth-order valence-corrected chi connectivity index (χ4v) is 2.90. The van der Waals surface area contributed by atoms with Gasteiger partial charge in [0, 0.05) is 12.8 Å². The molecule has 14 heteroatoms. The van der Waals surface area contributed by atoms with Crippen LogP contribution in [0.5, 0.6) is 0 Å². The van der Waals surface area contributed by atoms with E-state index in [2.05, 4.69) is 10.6 Å². The number of carboxylic acids is 2. The van der Waals surface area contributed by atoms with E-state index in [1.165, 1.54) is 0 Å². The van der Waals surface area contributed by atoms with Crippen molar-refractivity contribution in [1.29, 1.82) is 0 Å². The molecular weight excluding hydrogens is 466 g/mol. The third kappa shape index (κ3) is 10.6. The lowest BCUT2D eigenvalue weighted by atomic mass is 10.0. The van der Waals surface area contributed by atoms with Crippen LogP contribution in [0.4, 0.5) is 0 Å². The van der Waals surface area contributed by atoms with Gasteiger partial charge < -0.3 is 42.7 Å². The molecular formula is C21H29N5O9. The zero-order chi connectivity index (χ0) is 26.5. The normalized spacial score (nSPS) is 14.0. The van der Waals surface area contributed by atoms with Crippen molar-refractivity contribution in [3.05, 3.63) is 35.9 Å². The Hall–Kier alpha value is -4.04. The van der Waals surface area contributed by atoms with Gasteiger partial charge in [-0.15, -0.1) is 0 Å². The second kappa shape index (κ2) is 14.3. The molecule has 0 bridgehead atoms. The molecule has 0 heterocycles.